The molecule has 2 bridgehead atoms. The zero-order chi connectivity index (χ0) is 15.8. The smallest absolute Gasteiger partial charge is 0.233 e. The molecular formula is C13H18N8OS. The molecule has 2 aromatic heterocycles. The molecule has 2 fully saturated rings. The Labute approximate surface area is 137 Å². The summed E-state index contributed by atoms with van der Waals surface area (Å²) in [6.07, 6.45) is 7.45. The van der Waals surface area contributed by atoms with Crippen LogP contribution in [-0.2, 0) is 11.8 Å². The van der Waals surface area contributed by atoms with Crippen molar-refractivity contribution in [2.45, 2.75) is 49.0 Å². The molecule has 0 aromatic carbocycles. The first kappa shape index (κ1) is 14.6. The number of aryl methyl sites for hydroxylation is 1. The summed E-state index contributed by atoms with van der Waals surface area (Å²) in [4.78, 5) is 16.5. The molecule has 23 heavy (non-hydrogen) atoms. The van der Waals surface area contributed by atoms with E-state index < -0.39 is 0 Å². The maximum atomic E-state index is 12.6. The van der Waals surface area contributed by atoms with E-state index in [9.17, 15) is 4.79 Å². The van der Waals surface area contributed by atoms with Crippen LogP contribution in [0, 0.1) is 0 Å². The Kier molecular flexibility index (Phi) is 3.76. The van der Waals surface area contributed by atoms with Gasteiger partial charge in [0.15, 0.2) is 0 Å². The highest BCUT2D eigenvalue weighted by molar-refractivity contribution is 7.99. The van der Waals surface area contributed by atoms with Gasteiger partial charge in [-0.05, 0) is 36.1 Å². The van der Waals surface area contributed by atoms with E-state index in [4.69, 9.17) is 0 Å². The molecule has 1 amide bonds. The second-order valence-corrected chi connectivity index (χ2v) is 6.98. The van der Waals surface area contributed by atoms with Gasteiger partial charge < -0.3 is 4.90 Å². The summed E-state index contributed by atoms with van der Waals surface area (Å²) >= 11 is 1.39. The fourth-order valence-electron chi connectivity index (χ4n) is 3.70. The van der Waals surface area contributed by atoms with Crippen LogP contribution in [0.2, 0.25) is 0 Å². The molecule has 9 nitrogen and oxygen atoms in total. The Balaban J connectivity index is 1.40. The van der Waals surface area contributed by atoms with E-state index in [0.717, 1.165) is 25.7 Å². The lowest BCUT2D eigenvalue weighted by Gasteiger charge is -2.38. The largest absolute Gasteiger partial charge is 0.336 e. The summed E-state index contributed by atoms with van der Waals surface area (Å²) in [6.45, 7) is 0. The van der Waals surface area contributed by atoms with Crippen molar-refractivity contribution in [3.05, 3.63) is 12.4 Å². The summed E-state index contributed by atoms with van der Waals surface area (Å²) in [6, 6.07) is 0.910. The number of carbonyl (C=O) groups excluding carboxylic acids is 1. The minimum absolute atomic E-state index is 0.178. The molecule has 2 aliphatic heterocycles. The van der Waals surface area contributed by atoms with Crippen molar-refractivity contribution in [1.82, 2.24) is 40.1 Å². The van der Waals surface area contributed by atoms with Gasteiger partial charge in [0.2, 0.25) is 11.1 Å². The molecule has 2 atom stereocenters. The normalized spacial score (nSPS) is 26.7. The average Bonchev–Trinajstić information content (AvgIpc) is 3.26. The number of fused-ring (bicyclic) bond motifs is 2. The quantitative estimate of drug-likeness (QED) is 0.742. The van der Waals surface area contributed by atoms with E-state index >= 15 is 0 Å². The first-order chi connectivity index (χ1) is 11.2. The number of piperidine rings is 1. The first-order valence-corrected chi connectivity index (χ1v) is 8.73. The molecule has 0 saturated carbocycles. The molecule has 2 saturated heterocycles. The summed E-state index contributed by atoms with van der Waals surface area (Å²) in [5.74, 6) is 0.559. The SMILES string of the molecule is Cn1nnnc1SCC(=O)N1C2CCC1CC(n1nccn1)C2. The molecule has 0 aliphatic carbocycles. The molecule has 10 heteroatoms. The van der Waals surface area contributed by atoms with Crippen molar-refractivity contribution < 1.29 is 4.79 Å². The van der Waals surface area contributed by atoms with Crippen molar-refractivity contribution in [3.63, 3.8) is 0 Å². The van der Waals surface area contributed by atoms with Crippen LogP contribution in [0.4, 0.5) is 0 Å². The molecule has 2 unspecified atom stereocenters. The lowest BCUT2D eigenvalue weighted by Crippen LogP contribution is -2.48. The summed E-state index contributed by atoms with van der Waals surface area (Å²) in [7, 11) is 1.78. The Hall–Kier alpha value is -1.97. The number of hydrogen-bond donors (Lipinski definition) is 0. The third kappa shape index (κ3) is 2.71. The van der Waals surface area contributed by atoms with Crippen LogP contribution in [0.5, 0.6) is 0 Å². The molecule has 4 heterocycles. The van der Waals surface area contributed by atoms with Gasteiger partial charge >= 0.3 is 0 Å². The highest BCUT2D eigenvalue weighted by atomic mass is 32.2. The molecule has 2 aliphatic rings. The fraction of sp³-hybridized carbons (Fsp3) is 0.692. The van der Waals surface area contributed by atoms with Gasteiger partial charge in [0.25, 0.3) is 0 Å². The third-order valence-electron chi connectivity index (χ3n) is 4.67. The van der Waals surface area contributed by atoms with Crippen LogP contribution >= 0.6 is 11.8 Å². The molecule has 122 valence electrons. The number of amides is 1. The Morgan fingerprint density at radius 3 is 2.52 bits per heavy atom. The second-order valence-electron chi connectivity index (χ2n) is 6.03. The van der Waals surface area contributed by atoms with Crippen molar-refractivity contribution in [3.8, 4) is 0 Å². The van der Waals surface area contributed by atoms with Crippen molar-refractivity contribution in [2.24, 2.45) is 7.05 Å². The minimum Gasteiger partial charge on any atom is -0.336 e. The van der Waals surface area contributed by atoms with Crippen LogP contribution in [0.1, 0.15) is 31.7 Å². The highest BCUT2D eigenvalue weighted by Gasteiger charge is 2.44. The second kappa shape index (κ2) is 5.91. The number of nitrogens with zero attached hydrogens (tertiary/aromatic N) is 8. The Morgan fingerprint density at radius 2 is 1.91 bits per heavy atom. The van der Waals surface area contributed by atoms with Gasteiger partial charge in [-0.15, -0.1) is 5.10 Å². The van der Waals surface area contributed by atoms with Gasteiger partial charge in [-0.2, -0.15) is 15.0 Å². The lowest BCUT2D eigenvalue weighted by molar-refractivity contribution is -0.133. The van der Waals surface area contributed by atoms with Crippen molar-refractivity contribution in [1.29, 1.82) is 0 Å². The zero-order valence-corrected chi connectivity index (χ0v) is 13.6. The van der Waals surface area contributed by atoms with Gasteiger partial charge in [0, 0.05) is 19.1 Å². The zero-order valence-electron chi connectivity index (χ0n) is 12.8. The van der Waals surface area contributed by atoms with Crippen molar-refractivity contribution in [2.75, 3.05) is 5.75 Å². The van der Waals surface area contributed by atoms with E-state index in [1.807, 2.05) is 0 Å². The van der Waals surface area contributed by atoms with E-state index in [0.29, 0.717) is 29.0 Å². The van der Waals surface area contributed by atoms with Crippen molar-refractivity contribution >= 4 is 17.7 Å². The van der Waals surface area contributed by atoms with Crippen LogP contribution in [0.25, 0.3) is 0 Å². The maximum Gasteiger partial charge on any atom is 0.233 e. The van der Waals surface area contributed by atoms with Gasteiger partial charge in [-0.25, -0.2) is 4.68 Å². The van der Waals surface area contributed by atoms with Crippen LogP contribution in [0.15, 0.2) is 17.6 Å². The van der Waals surface area contributed by atoms with Gasteiger partial charge in [-0.1, -0.05) is 11.8 Å². The van der Waals surface area contributed by atoms with Crippen LogP contribution < -0.4 is 0 Å². The Bertz CT molecular complexity index is 672. The van der Waals surface area contributed by atoms with Gasteiger partial charge in [-0.3, -0.25) is 4.79 Å². The average molecular weight is 334 g/mol. The van der Waals surface area contributed by atoms with E-state index in [2.05, 4.69) is 30.6 Å². The summed E-state index contributed by atoms with van der Waals surface area (Å²) in [5, 5.41) is 20.5. The van der Waals surface area contributed by atoms with E-state index in [-0.39, 0.29) is 5.91 Å². The van der Waals surface area contributed by atoms with Crippen LogP contribution in [-0.4, -0.2) is 63.8 Å². The topological polar surface area (TPSA) is 94.6 Å². The number of rotatable bonds is 4. The standard InChI is InChI=1S/C13H18N8OS/c1-19-13(16-17-18-19)23-8-12(22)20-9-2-3-10(20)7-11(6-9)21-14-4-5-15-21/h4-5,9-11H,2-3,6-8H2,1H3. The lowest BCUT2D eigenvalue weighted by atomic mass is 9.98. The number of thioether (sulfide) groups is 1. The maximum absolute atomic E-state index is 12.6. The predicted octanol–water partition coefficient (Wildman–Crippen LogP) is 0.288. The van der Waals surface area contributed by atoms with Gasteiger partial charge in [0.1, 0.15) is 0 Å². The predicted molar refractivity (Wildman–Crippen MR) is 81.5 cm³/mol. The van der Waals surface area contributed by atoms with Gasteiger partial charge in [0.05, 0.1) is 24.2 Å². The summed E-state index contributed by atoms with van der Waals surface area (Å²) in [5.41, 5.74) is 0. The molecular weight excluding hydrogens is 316 g/mol. The number of aromatic nitrogens is 7. The molecule has 0 radical (unpaired) electrons. The molecule has 0 N–H and O–H groups in total. The molecule has 4 rings (SSSR count). The monoisotopic (exact) mass is 334 g/mol. The Morgan fingerprint density at radius 1 is 1.22 bits per heavy atom. The number of hydrogen-bond acceptors (Lipinski definition) is 7. The van der Waals surface area contributed by atoms with E-state index in [1.54, 1.807) is 28.9 Å². The highest BCUT2D eigenvalue weighted by Crippen LogP contribution is 2.40. The number of carbonyl (C=O) groups is 1. The minimum atomic E-state index is 0.178. The molecule has 2 aromatic rings. The number of tetrazole rings is 1. The van der Waals surface area contributed by atoms with E-state index in [1.165, 1.54) is 11.8 Å². The first-order valence-electron chi connectivity index (χ1n) is 7.74. The summed E-state index contributed by atoms with van der Waals surface area (Å²) < 4.78 is 1.59. The third-order valence-corrected chi connectivity index (χ3v) is 5.66. The fourth-order valence-corrected chi connectivity index (χ4v) is 4.42. The molecule has 0 spiro atoms. The van der Waals surface area contributed by atoms with Crippen LogP contribution in [0.3, 0.4) is 0 Å².